The quantitative estimate of drug-likeness (QED) is 0.653. The fourth-order valence-corrected chi connectivity index (χ4v) is 3.28. The molecule has 1 aliphatic carbocycles. The zero-order chi connectivity index (χ0) is 13.8. The van der Waals surface area contributed by atoms with Crippen LogP contribution in [0.15, 0.2) is 0 Å². The van der Waals surface area contributed by atoms with Gasteiger partial charge in [0.1, 0.15) is 0 Å². The summed E-state index contributed by atoms with van der Waals surface area (Å²) in [5, 5.41) is 9.00. The van der Waals surface area contributed by atoms with Crippen molar-refractivity contribution in [2.24, 2.45) is 5.41 Å². The summed E-state index contributed by atoms with van der Waals surface area (Å²) in [5.74, 6) is -0.914. The molecule has 0 spiro atoms. The third kappa shape index (κ3) is 3.66. The standard InChI is InChI=1S/C11H22N2O4S/c1-3-7-13(8-4-2)18(16,17)12-9-11(5-6-11)10(14)15/h12H,3-9H2,1-2H3,(H,14,15). The van der Waals surface area contributed by atoms with Crippen molar-refractivity contribution in [2.75, 3.05) is 19.6 Å². The Hall–Kier alpha value is -0.660. The minimum absolute atomic E-state index is 0.00536. The fraction of sp³-hybridized carbons (Fsp3) is 0.909. The van der Waals surface area contributed by atoms with Gasteiger partial charge in [-0.1, -0.05) is 13.8 Å². The minimum atomic E-state index is -3.55. The van der Waals surface area contributed by atoms with Gasteiger partial charge in [-0.2, -0.15) is 12.7 Å². The van der Waals surface area contributed by atoms with Crippen LogP contribution in [-0.4, -0.2) is 43.4 Å². The molecule has 1 saturated carbocycles. The van der Waals surface area contributed by atoms with Crippen molar-refractivity contribution in [2.45, 2.75) is 39.5 Å². The Balaban J connectivity index is 2.60. The van der Waals surface area contributed by atoms with Crippen LogP contribution < -0.4 is 4.72 Å². The van der Waals surface area contributed by atoms with Gasteiger partial charge in [0.15, 0.2) is 0 Å². The second-order valence-electron chi connectivity index (χ2n) is 4.81. The number of nitrogens with one attached hydrogen (secondary N) is 1. The van der Waals surface area contributed by atoms with Gasteiger partial charge in [0.25, 0.3) is 10.2 Å². The van der Waals surface area contributed by atoms with Crippen molar-refractivity contribution in [1.82, 2.24) is 9.03 Å². The molecule has 18 heavy (non-hydrogen) atoms. The largest absolute Gasteiger partial charge is 0.481 e. The second kappa shape index (κ2) is 5.99. The molecule has 0 aromatic heterocycles. The van der Waals surface area contributed by atoms with Crippen molar-refractivity contribution in [3.8, 4) is 0 Å². The minimum Gasteiger partial charge on any atom is -0.481 e. The molecule has 0 unspecified atom stereocenters. The lowest BCUT2D eigenvalue weighted by molar-refractivity contribution is -0.143. The number of rotatable bonds is 9. The molecule has 1 rings (SSSR count). The van der Waals surface area contributed by atoms with Crippen LogP contribution in [0.3, 0.4) is 0 Å². The van der Waals surface area contributed by atoms with E-state index in [1.807, 2.05) is 13.8 Å². The molecule has 1 fully saturated rings. The zero-order valence-electron chi connectivity index (χ0n) is 11.0. The summed E-state index contributed by atoms with van der Waals surface area (Å²) < 4.78 is 27.9. The van der Waals surface area contributed by atoms with E-state index < -0.39 is 21.6 Å². The Kier molecular flexibility index (Phi) is 5.12. The average Bonchev–Trinajstić information content (AvgIpc) is 3.07. The van der Waals surface area contributed by atoms with E-state index in [0.29, 0.717) is 25.9 Å². The normalized spacial score (nSPS) is 17.9. The van der Waals surface area contributed by atoms with Crippen LogP contribution in [0.5, 0.6) is 0 Å². The van der Waals surface area contributed by atoms with Gasteiger partial charge in [0.2, 0.25) is 0 Å². The number of carbonyl (C=O) groups is 1. The first-order valence-corrected chi connectivity index (χ1v) is 7.80. The lowest BCUT2D eigenvalue weighted by atomic mass is 10.1. The Morgan fingerprint density at radius 3 is 2.11 bits per heavy atom. The SMILES string of the molecule is CCCN(CCC)S(=O)(=O)NCC1(C(=O)O)CC1. The average molecular weight is 278 g/mol. The highest BCUT2D eigenvalue weighted by Crippen LogP contribution is 2.45. The summed E-state index contributed by atoms with van der Waals surface area (Å²) in [7, 11) is -3.55. The van der Waals surface area contributed by atoms with Gasteiger partial charge in [-0.15, -0.1) is 0 Å². The molecule has 1 aliphatic rings. The van der Waals surface area contributed by atoms with Crippen LogP contribution >= 0.6 is 0 Å². The molecule has 0 saturated heterocycles. The molecule has 0 bridgehead atoms. The molecule has 0 aliphatic heterocycles. The number of hydrogen-bond donors (Lipinski definition) is 2. The van der Waals surface area contributed by atoms with Crippen molar-refractivity contribution >= 4 is 16.2 Å². The summed E-state index contributed by atoms with van der Waals surface area (Å²) in [6, 6.07) is 0. The summed E-state index contributed by atoms with van der Waals surface area (Å²) >= 11 is 0. The smallest absolute Gasteiger partial charge is 0.310 e. The second-order valence-corrected chi connectivity index (χ2v) is 6.57. The van der Waals surface area contributed by atoms with E-state index in [-0.39, 0.29) is 6.54 Å². The van der Waals surface area contributed by atoms with Crippen molar-refractivity contribution in [3.05, 3.63) is 0 Å². The summed E-state index contributed by atoms with van der Waals surface area (Å²) in [6.07, 6.45) is 2.58. The topological polar surface area (TPSA) is 86.7 Å². The molecular formula is C11H22N2O4S. The van der Waals surface area contributed by atoms with E-state index in [1.54, 1.807) is 0 Å². The predicted octanol–water partition coefficient (Wildman–Crippen LogP) is 0.808. The number of carboxylic acids is 1. The maximum absolute atomic E-state index is 12.0. The van der Waals surface area contributed by atoms with E-state index in [9.17, 15) is 13.2 Å². The summed E-state index contributed by atoms with van der Waals surface area (Å²) in [6.45, 7) is 4.75. The number of hydrogen-bond acceptors (Lipinski definition) is 3. The molecular weight excluding hydrogens is 256 g/mol. The van der Waals surface area contributed by atoms with Crippen LogP contribution in [0.4, 0.5) is 0 Å². The van der Waals surface area contributed by atoms with E-state index >= 15 is 0 Å². The van der Waals surface area contributed by atoms with Crippen LogP contribution in [0.25, 0.3) is 0 Å². The van der Waals surface area contributed by atoms with Gasteiger partial charge in [0.05, 0.1) is 5.41 Å². The Morgan fingerprint density at radius 1 is 1.28 bits per heavy atom. The lowest BCUT2D eigenvalue weighted by Crippen LogP contribution is -2.44. The van der Waals surface area contributed by atoms with Crippen LogP contribution in [0.1, 0.15) is 39.5 Å². The van der Waals surface area contributed by atoms with Crippen molar-refractivity contribution in [1.29, 1.82) is 0 Å². The first kappa shape index (κ1) is 15.4. The third-order valence-corrected chi connectivity index (χ3v) is 4.74. The van der Waals surface area contributed by atoms with E-state index in [1.165, 1.54) is 4.31 Å². The molecule has 0 atom stereocenters. The molecule has 0 aromatic carbocycles. The number of aliphatic carboxylic acids is 1. The Bertz CT molecular complexity index is 384. The van der Waals surface area contributed by atoms with E-state index in [4.69, 9.17) is 5.11 Å². The van der Waals surface area contributed by atoms with E-state index in [2.05, 4.69) is 4.72 Å². The highest BCUT2D eigenvalue weighted by Gasteiger charge is 2.50. The number of carboxylic acid groups (broad SMARTS) is 1. The lowest BCUT2D eigenvalue weighted by Gasteiger charge is -2.22. The highest BCUT2D eigenvalue weighted by molar-refractivity contribution is 7.87. The molecule has 6 nitrogen and oxygen atoms in total. The molecule has 0 heterocycles. The highest BCUT2D eigenvalue weighted by atomic mass is 32.2. The van der Waals surface area contributed by atoms with Gasteiger partial charge in [-0.25, -0.2) is 4.72 Å². The van der Waals surface area contributed by atoms with Crippen LogP contribution in [-0.2, 0) is 15.0 Å². The van der Waals surface area contributed by atoms with Crippen LogP contribution in [0, 0.1) is 5.41 Å². The fourth-order valence-electron chi connectivity index (χ4n) is 1.79. The van der Waals surface area contributed by atoms with Crippen molar-refractivity contribution in [3.63, 3.8) is 0 Å². The van der Waals surface area contributed by atoms with Gasteiger partial charge >= 0.3 is 5.97 Å². The summed E-state index contributed by atoms with van der Waals surface area (Å²) in [4.78, 5) is 11.0. The Morgan fingerprint density at radius 2 is 1.78 bits per heavy atom. The first-order chi connectivity index (χ1) is 8.38. The molecule has 7 heteroatoms. The molecule has 0 radical (unpaired) electrons. The van der Waals surface area contributed by atoms with Crippen molar-refractivity contribution < 1.29 is 18.3 Å². The zero-order valence-corrected chi connectivity index (χ0v) is 11.8. The van der Waals surface area contributed by atoms with Gasteiger partial charge in [-0.05, 0) is 25.7 Å². The monoisotopic (exact) mass is 278 g/mol. The van der Waals surface area contributed by atoms with Crippen LogP contribution in [0.2, 0.25) is 0 Å². The third-order valence-electron chi connectivity index (χ3n) is 3.19. The maximum Gasteiger partial charge on any atom is 0.310 e. The van der Waals surface area contributed by atoms with Gasteiger partial charge in [-0.3, -0.25) is 4.79 Å². The Labute approximate surface area is 109 Å². The van der Waals surface area contributed by atoms with Gasteiger partial charge in [0, 0.05) is 19.6 Å². The molecule has 0 amide bonds. The summed E-state index contributed by atoms with van der Waals surface area (Å²) in [5.41, 5.74) is -0.864. The van der Waals surface area contributed by atoms with Gasteiger partial charge < -0.3 is 5.11 Å². The number of nitrogens with zero attached hydrogens (tertiary/aromatic N) is 1. The molecule has 106 valence electrons. The molecule has 2 N–H and O–H groups in total. The van der Waals surface area contributed by atoms with E-state index in [0.717, 1.165) is 12.8 Å². The maximum atomic E-state index is 12.0. The molecule has 0 aromatic rings. The predicted molar refractivity (Wildman–Crippen MR) is 68.4 cm³/mol. The first-order valence-electron chi connectivity index (χ1n) is 6.36.